The molecule has 1 aliphatic rings. The van der Waals surface area contributed by atoms with E-state index in [1.165, 1.54) is 0 Å². The van der Waals surface area contributed by atoms with Crippen molar-refractivity contribution in [1.29, 1.82) is 0 Å². The number of carbonyl (C=O) groups excluding carboxylic acids is 1. The third kappa shape index (κ3) is 1.38. The van der Waals surface area contributed by atoms with Crippen LogP contribution in [-0.4, -0.2) is 23.5 Å². The maximum absolute atomic E-state index is 10.6. The largest absolute Gasteiger partial charge is 0.369 e. The van der Waals surface area contributed by atoms with Gasteiger partial charge in [0.25, 0.3) is 0 Å². The van der Waals surface area contributed by atoms with E-state index in [2.05, 4.69) is 10.6 Å². The van der Waals surface area contributed by atoms with Crippen LogP contribution in [0.5, 0.6) is 0 Å². The molecule has 0 radical (unpaired) electrons. The summed E-state index contributed by atoms with van der Waals surface area (Å²) in [6, 6.07) is 0.00116. The normalized spacial score (nSPS) is 27.0. The number of nitrogens with one attached hydrogen (secondary N) is 2. The summed E-state index contributed by atoms with van der Waals surface area (Å²) in [6.07, 6.45) is 0. The van der Waals surface area contributed by atoms with Gasteiger partial charge in [-0.25, -0.2) is 0 Å². The van der Waals surface area contributed by atoms with E-state index in [4.69, 9.17) is 12.2 Å². The first kappa shape index (κ1) is 6.48. The van der Waals surface area contributed by atoms with Crippen molar-refractivity contribution in [3.05, 3.63) is 0 Å². The summed E-state index contributed by atoms with van der Waals surface area (Å²) in [5.41, 5.74) is 0. The van der Waals surface area contributed by atoms with E-state index in [1.807, 2.05) is 6.92 Å². The highest BCUT2D eigenvalue weighted by molar-refractivity contribution is 7.80. The van der Waals surface area contributed by atoms with Gasteiger partial charge in [0.15, 0.2) is 0 Å². The summed E-state index contributed by atoms with van der Waals surface area (Å²) in [5, 5.41) is 5.49. The lowest BCUT2D eigenvalue weighted by Crippen LogP contribution is -2.53. The van der Waals surface area contributed by atoms with Gasteiger partial charge in [0, 0.05) is 0 Å². The molecule has 1 saturated heterocycles. The first-order valence-corrected chi connectivity index (χ1v) is 3.18. The Labute approximate surface area is 58.8 Å². The summed E-state index contributed by atoms with van der Waals surface area (Å²) < 4.78 is 0. The summed E-state index contributed by atoms with van der Waals surface area (Å²) in [4.78, 5) is 11.3. The van der Waals surface area contributed by atoms with Crippen LogP contribution in [0.2, 0.25) is 0 Å². The highest BCUT2D eigenvalue weighted by atomic mass is 32.1. The van der Waals surface area contributed by atoms with Crippen LogP contribution >= 0.6 is 12.2 Å². The lowest BCUT2D eigenvalue weighted by atomic mass is 10.3. The molecule has 0 aromatic carbocycles. The molecule has 0 spiro atoms. The maximum Gasteiger partial charge on any atom is 0.239 e. The number of piperazine rings is 1. The van der Waals surface area contributed by atoms with E-state index in [1.54, 1.807) is 0 Å². The Balaban J connectivity index is 2.54. The second-order valence-electron chi connectivity index (χ2n) is 2.01. The predicted molar refractivity (Wildman–Crippen MR) is 38.2 cm³/mol. The van der Waals surface area contributed by atoms with E-state index < -0.39 is 0 Å². The van der Waals surface area contributed by atoms with Crippen LogP contribution in [-0.2, 0) is 4.79 Å². The number of carbonyl (C=O) groups is 1. The second-order valence-corrected chi connectivity index (χ2v) is 2.45. The molecule has 1 amide bonds. The summed E-state index contributed by atoms with van der Waals surface area (Å²) in [5.74, 6) is 0.0103. The fourth-order valence-electron chi connectivity index (χ4n) is 0.679. The highest BCUT2D eigenvalue weighted by Crippen LogP contribution is 1.89. The first-order chi connectivity index (χ1) is 4.20. The molecule has 3 nitrogen and oxygen atoms in total. The molecule has 0 unspecified atom stereocenters. The molecule has 50 valence electrons. The summed E-state index contributed by atoms with van der Waals surface area (Å²) in [6.45, 7) is 2.18. The molecule has 1 fully saturated rings. The molecule has 9 heavy (non-hydrogen) atoms. The lowest BCUT2D eigenvalue weighted by molar-refractivity contribution is -0.120. The Bertz CT molecular complexity index is 157. The van der Waals surface area contributed by atoms with Crippen LogP contribution in [0.4, 0.5) is 0 Å². The molecule has 0 bridgehead atoms. The van der Waals surface area contributed by atoms with Crippen molar-refractivity contribution in [2.24, 2.45) is 0 Å². The van der Waals surface area contributed by atoms with Gasteiger partial charge in [-0.1, -0.05) is 12.2 Å². The molecule has 1 atom stereocenters. The Kier molecular flexibility index (Phi) is 1.66. The highest BCUT2D eigenvalue weighted by Gasteiger charge is 2.16. The van der Waals surface area contributed by atoms with E-state index >= 15 is 0 Å². The molecule has 0 aromatic rings. The Morgan fingerprint density at radius 1 is 1.78 bits per heavy atom. The van der Waals surface area contributed by atoms with E-state index in [0.29, 0.717) is 6.54 Å². The predicted octanol–water partition coefficient (Wildman–Crippen LogP) is -0.578. The molecule has 2 N–H and O–H groups in total. The van der Waals surface area contributed by atoms with Gasteiger partial charge in [-0.15, -0.1) is 0 Å². The molecular weight excluding hydrogens is 136 g/mol. The lowest BCUT2D eigenvalue weighted by Gasteiger charge is -2.21. The van der Waals surface area contributed by atoms with Gasteiger partial charge < -0.3 is 10.6 Å². The van der Waals surface area contributed by atoms with Crippen molar-refractivity contribution >= 4 is 23.1 Å². The van der Waals surface area contributed by atoms with E-state index in [0.717, 1.165) is 4.99 Å². The summed E-state index contributed by atoms with van der Waals surface area (Å²) >= 11 is 4.86. The number of hydrogen-bond acceptors (Lipinski definition) is 2. The van der Waals surface area contributed by atoms with Gasteiger partial charge >= 0.3 is 0 Å². The average molecular weight is 144 g/mol. The third-order valence-electron chi connectivity index (χ3n) is 1.19. The number of hydrogen-bond donors (Lipinski definition) is 2. The van der Waals surface area contributed by atoms with Crippen LogP contribution < -0.4 is 10.6 Å². The molecule has 0 aliphatic carbocycles. The van der Waals surface area contributed by atoms with Gasteiger partial charge in [0.1, 0.15) is 0 Å². The van der Waals surface area contributed by atoms with Gasteiger partial charge in [0.2, 0.25) is 5.91 Å². The minimum absolute atomic E-state index is 0.00116. The zero-order valence-corrected chi connectivity index (χ0v) is 5.92. The van der Waals surface area contributed by atoms with E-state index in [-0.39, 0.29) is 11.9 Å². The first-order valence-electron chi connectivity index (χ1n) is 2.77. The number of thiocarbonyl (C=S) groups is 1. The van der Waals surface area contributed by atoms with Crippen LogP contribution in [0.1, 0.15) is 6.92 Å². The van der Waals surface area contributed by atoms with Crippen molar-refractivity contribution in [2.75, 3.05) is 6.54 Å². The molecule has 1 aliphatic heterocycles. The zero-order chi connectivity index (χ0) is 6.85. The fourth-order valence-corrected chi connectivity index (χ4v) is 0.810. The van der Waals surface area contributed by atoms with Crippen molar-refractivity contribution in [3.8, 4) is 0 Å². The van der Waals surface area contributed by atoms with Gasteiger partial charge in [-0.05, 0) is 6.92 Å². The molecule has 1 heterocycles. The quantitative estimate of drug-likeness (QED) is 0.447. The minimum Gasteiger partial charge on any atom is -0.369 e. The average Bonchev–Trinajstić information content (AvgIpc) is 1.80. The monoisotopic (exact) mass is 144 g/mol. The van der Waals surface area contributed by atoms with Crippen LogP contribution in [0.15, 0.2) is 0 Å². The van der Waals surface area contributed by atoms with Crippen LogP contribution in [0, 0.1) is 0 Å². The molecule has 4 heteroatoms. The Hall–Kier alpha value is -0.640. The SMILES string of the molecule is C[C@@H]1NC(=O)CNC1=S. The number of amides is 1. The van der Waals surface area contributed by atoms with Crippen molar-refractivity contribution < 1.29 is 4.79 Å². The van der Waals surface area contributed by atoms with Gasteiger partial charge in [-0.2, -0.15) is 0 Å². The van der Waals surface area contributed by atoms with E-state index in [9.17, 15) is 4.79 Å². The minimum atomic E-state index is 0.00116. The number of rotatable bonds is 0. The standard InChI is InChI=1S/C5H8N2OS/c1-3-5(9)6-2-4(8)7-3/h3H,2H2,1H3,(H,6,9)(H,7,8)/t3-/m0/s1. The van der Waals surface area contributed by atoms with Crippen LogP contribution in [0.25, 0.3) is 0 Å². The zero-order valence-electron chi connectivity index (χ0n) is 5.10. The van der Waals surface area contributed by atoms with Crippen molar-refractivity contribution in [1.82, 2.24) is 10.6 Å². The molecule has 0 aromatic heterocycles. The fraction of sp³-hybridized carbons (Fsp3) is 0.600. The second kappa shape index (κ2) is 2.31. The Morgan fingerprint density at radius 3 is 2.89 bits per heavy atom. The van der Waals surface area contributed by atoms with Crippen LogP contribution in [0.3, 0.4) is 0 Å². The molecule has 0 saturated carbocycles. The van der Waals surface area contributed by atoms with Crippen molar-refractivity contribution in [2.45, 2.75) is 13.0 Å². The smallest absolute Gasteiger partial charge is 0.239 e. The Morgan fingerprint density at radius 2 is 2.44 bits per heavy atom. The topological polar surface area (TPSA) is 41.1 Å². The molecule has 1 rings (SSSR count). The third-order valence-corrected chi connectivity index (χ3v) is 1.69. The van der Waals surface area contributed by atoms with Crippen molar-refractivity contribution in [3.63, 3.8) is 0 Å². The van der Waals surface area contributed by atoms with Gasteiger partial charge in [0.05, 0.1) is 17.6 Å². The molecular formula is C5H8N2OS. The van der Waals surface area contributed by atoms with Gasteiger partial charge in [-0.3, -0.25) is 4.79 Å². The summed E-state index contributed by atoms with van der Waals surface area (Å²) in [7, 11) is 0. The maximum atomic E-state index is 10.6.